The first-order valence-electron chi connectivity index (χ1n) is 8.16. The number of amides is 3. The molecule has 0 fully saturated rings. The summed E-state index contributed by atoms with van der Waals surface area (Å²) in [5.41, 5.74) is 0.911. The highest BCUT2D eigenvalue weighted by atomic mass is 16.5. The van der Waals surface area contributed by atoms with Crippen molar-refractivity contribution in [3.63, 3.8) is 0 Å². The number of hydrogen-bond donors (Lipinski definition) is 1. The van der Waals surface area contributed by atoms with Gasteiger partial charge in [0.05, 0.1) is 5.69 Å². The number of nitrogens with zero attached hydrogens (tertiary/aromatic N) is 1. The Morgan fingerprint density at radius 3 is 1.92 bits per heavy atom. The van der Waals surface area contributed by atoms with Crippen molar-refractivity contribution in [1.82, 2.24) is 5.32 Å². The van der Waals surface area contributed by atoms with Gasteiger partial charge in [-0.25, -0.2) is 9.69 Å². The van der Waals surface area contributed by atoms with Gasteiger partial charge in [-0.05, 0) is 36.4 Å². The fraction of sp³-hybridized carbons (Fsp3) is 0.0476. The van der Waals surface area contributed by atoms with Crippen molar-refractivity contribution in [3.05, 3.63) is 96.6 Å². The molecule has 5 heteroatoms. The smallest absolute Gasteiger partial charge is 0.331 e. The fourth-order valence-corrected chi connectivity index (χ4v) is 2.39. The van der Waals surface area contributed by atoms with Crippen LogP contribution in [0, 0.1) is 0 Å². The second-order valence-corrected chi connectivity index (χ2v) is 5.43. The summed E-state index contributed by atoms with van der Waals surface area (Å²) in [5.74, 6) is 0.224. The molecule has 3 aromatic carbocycles. The standard InChI is InChI=1S/C21H18N2O3/c24-20(17-10-4-1-5-11-17)23(18-12-6-2-7-13-18)21(25)22-16-26-19-14-8-3-9-15-19/h1-15H,16H2,(H,22,25). The predicted octanol–water partition coefficient (Wildman–Crippen LogP) is 4.08. The van der Waals surface area contributed by atoms with E-state index in [-0.39, 0.29) is 6.73 Å². The van der Waals surface area contributed by atoms with Crippen LogP contribution in [0.1, 0.15) is 10.4 Å². The Kier molecular flexibility index (Phi) is 5.62. The van der Waals surface area contributed by atoms with Gasteiger partial charge < -0.3 is 10.1 Å². The van der Waals surface area contributed by atoms with Crippen LogP contribution in [0.15, 0.2) is 91.0 Å². The van der Waals surface area contributed by atoms with Gasteiger partial charge in [-0.3, -0.25) is 4.79 Å². The number of imide groups is 1. The molecule has 0 aliphatic heterocycles. The third kappa shape index (κ3) is 4.27. The molecule has 0 unspecified atom stereocenters. The number of ether oxygens (including phenoxy) is 1. The highest BCUT2D eigenvalue weighted by molar-refractivity contribution is 6.20. The fourth-order valence-electron chi connectivity index (χ4n) is 2.39. The average Bonchev–Trinajstić information content (AvgIpc) is 2.70. The summed E-state index contributed by atoms with van der Waals surface area (Å²) in [6.45, 7) is -0.0474. The molecule has 0 aromatic heterocycles. The molecule has 3 aromatic rings. The second-order valence-electron chi connectivity index (χ2n) is 5.43. The lowest BCUT2D eigenvalue weighted by Crippen LogP contribution is -2.45. The Balaban J connectivity index is 1.75. The molecule has 0 aliphatic carbocycles. The van der Waals surface area contributed by atoms with E-state index in [9.17, 15) is 9.59 Å². The summed E-state index contributed by atoms with van der Waals surface area (Å²) in [5, 5.41) is 2.62. The predicted molar refractivity (Wildman–Crippen MR) is 100 cm³/mol. The van der Waals surface area contributed by atoms with Crippen molar-refractivity contribution < 1.29 is 14.3 Å². The van der Waals surface area contributed by atoms with Crippen molar-refractivity contribution in [3.8, 4) is 5.75 Å². The molecule has 5 nitrogen and oxygen atoms in total. The number of urea groups is 1. The Hall–Kier alpha value is -3.60. The average molecular weight is 346 g/mol. The van der Waals surface area contributed by atoms with Crippen molar-refractivity contribution in [2.45, 2.75) is 0 Å². The van der Waals surface area contributed by atoms with E-state index in [4.69, 9.17) is 4.74 Å². The quantitative estimate of drug-likeness (QED) is 0.708. The number of anilines is 1. The second kappa shape index (κ2) is 8.48. The number of carbonyl (C=O) groups excluding carboxylic acids is 2. The monoisotopic (exact) mass is 346 g/mol. The van der Waals surface area contributed by atoms with Crippen molar-refractivity contribution in [2.24, 2.45) is 0 Å². The van der Waals surface area contributed by atoms with Crippen LogP contribution in [0.25, 0.3) is 0 Å². The maximum atomic E-state index is 12.8. The molecular formula is C21H18N2O3. The summed E-state index contributed by atoms with van der Waals surface area (Å²) < 4.78 is 5.48. The molecule has 3 amide bonds. The van der Waals surface area contributed by atoms with Crippen LogP contribution in [-0.4, -0.2) is 18.7 Å². The number of benzene rings is 3. The molecule has 3 rings (SSSR count). The maximum absolute atomic E-state index is 12.8. The topological polar surface area (TPSA) is 58.6 Å². The number of carbonyl (C=O) groups is 2. The van der Waals surface area contributed by atoms with Crippen LogP contribution in [-0.2, 0) is 0 Å². The zero-order valence-corrected chi connectivity index (χ0v) is 14.0. The maximum Gasteiger partial charge on any atom is 0.331 e. The number of hydrogen-bond acceptors (Lipinski definition) is 3. The van der Waals surface area contributed by atoms with Gasteiger partial charge in [-0.15, -0.1) is 0 Å². The Morgan fingerprint density at radius 2 is 1.31 bits per heavy atom. The zero-order valence-electron chi connectivity index (χ0n) is 14.0. The van der Waals surface area contributed by atoms with E-state index < -0.39 is 11.9 Å². The van der Waals surface area contributed by atoms with E-state index in [1.807, 2.05) is 30.3 Å². The first-order chi connectivity index (χ1) is 12.8. The Labute approximate surface area is 151 Å². The summed E-state index contributed by atoms with van der Waals surface area (Å²) >= 11 is 0. The van der Waals surface area contributed by atoms with Gasteiger partial charge in [0.15, 0.2) is 6.73 Å². The zero-order chi connectivity index (χ0) is 18.2. The lowest BCUT2D eigenvalue weighted by atomic mass is 10.2. The Bertz CT molecular complexity index is 852. The molecule has 0 radical (unpaired) electrons. The van der Waals surface area contributed by atoms with Crippen molar-refractivity contribution >= 4 is 17.6 Å². The minimum Gasteiger partial charge on any atom is -0.473 e. The van der Waals surface area contributed by atoms with Crippen LogP contribution >= 0.6 is 0 Å². The molecular weight excluding hydrogens is 328 g/mol. The summed E-state index contributed by atoms with van der Waals surface area (Å²) in [7, 11) is 0. The molecule has 0 heterocycles. The number of para-hydroxylation sites is 2. The largest absolute Gasteiger partial charge is 0.473 e. The minimum absolute atomic E-state index is 0.0474. The van der Waals surface area contributed by atoms with E-state index in [1.54, 1.807) is 60.7 Å². The summed E-state index contributed by atoms with van der Waals surface area (Å²) in [6, 6.07) is 26.0. The van der Waals surface area contributed by atoms with Crippen LogP contribution in [0.2, 0.25) is 0 Å². The summed E-state index contributed by atoms with van der Waals surface area (Å²) in [6.07, 6.45) is 0. The molecule has 0 aliphatic rings. The van der Waals surface area contributed by atoms with Gasteiger partial charge in [0.2, 0.25) is 0 Å². The molecule has 26 heavy (non-hydrogen) atoms. The SMILES string of the molecule is O=C(NCOc1ccccc1)N(C(=O)c1ccccc1)c1ccccc1. The number of nitrogens with one attached hydrogen (secondary N) is 1. The van der Waals surface area contributed by atoms with E-state index in [0.717, 1.165) is 4.90 Å². The third-order valence-corrected chi connectivity index (χ3v) is 3.65. The highest BCUT2D eigenvalue weighted by Crippen LogP contribution is 2.17. The van der Waals surface area contributed by atoms with Crippen LogP contribution < -0.4 is 15.0 Å². The first-order valence-corrected chi connectivity index (χ1v) is 8.16. The van der Waals surface area contributed by atoms with E-state index in [1.165, 1.54) is 0 Å². The van der Waals surface area contributed by atoms with Gasteiger partial charge in [0.25, 0.3) is 5.91 Å². The Morgan fingerprint density at radius 1 is 0.769 bits per heavy atom. The lowest BCUT2D eigenvalue weighted by Gasteiger charge is -2.21. The number of rotatable bonds is 5. The molecule has 1 N–H and O–H groups in total. The molecule has 0 spiro atoms. The molecule has 0 saturated carbocycles. The lowest BCUT2D eigenvalue weighted by molar-refractivity contribution is 0.0992. The third-order valence-electron chi connectivity index (χ3n) is 3.65. The van der Waals surface area contributed by atoms with Crippen molar-refractivity contribution in [2.75, 3.05) is 11.6 Å². The normalized spacial score (nSPS) is 10.0. The molecule has 0 saturated heterocycles. The molecule has 130 valence electrons. The van der Waals surface area contributed by atoms with Gasteiger partial charge >= 0.3 is 6.03 Å². The van der Waals surface area contributed by atoms with Gasteiger partial charge in [-0.2, -0.15) is 0 Å². The van der Waals surface area contributed by atoms with Gasteiger partial charge in [0.1, 0.15) is 5.75 Å². The minimum atomic E-state index is -0.555. The first kappa shape index (κ1) is 17.2. The van der Waals surface area contributed by atoms with Gasteiger partial charge in [-0.1, -0.05) is 54.6 Å². The van der Waals surface area contributed by atoms with Crippen molar-refractivity contribution in [1.29, 1.82) is 0 Å². The van der Waals surface area contributed by atoms with Gasteiger partial charge in [0, 0.05) is 5.56 Å². The van der Waals surface area contributed by atoms with E-state index in [2.05, 4.69) is 5.32 Å². The van der Waals surface area contributed by atoms with Crippen LogP contribution in [0.3, 0.4) is 0 Å². The summed E-state index contributed by atoms with van der Waals surface area (Å²) in [4.78, 5) is 26.6. The molecule has 0 atom stereocenters. The van der Waals surface area contributed by atoms with E-state index in [0.29, 0.717) is 17.0 Å². The van der Waals surface area contributed by atoms with E-state index >= 15 is 0 Å². The van der Waals surface area contributed by atoms with Crippen LogP contribution in [0.4, 0.5) is 10.5 Å². The molecule has 0 bridgehead atoms. The highest BCUT2D eigenvalue weighted by Gasteiger charge is 2.24. The van der Waals surface area contributed by atoms with Crippen LogP contribution in [0.5, 0.6) is 5.75 Å².